The quantitative estimate of drug-likeness (QED) is 0.636. The van der Waals surface area contributed by atoms with Crippen molar-refractivity contribution in [3.05, 3.63) is 0 Å². The lowest BCUT2D eigenvalue weighted by atomic mass is 9.66. The fourth-order valence-electron chi connectivity index (χ4n) is 5.93. The van der Waals surface area contributed by atoms with Gasteiger partial charge in [0.05, 0.1) is 11.2 Å². The molecular formula is C21H36F3N3O5S. The first-order chi connectivity index (χ1) is 15.0. The highest BCUT2D eigenvalue weighted by Crippen LogP contribution is 2.62. The normalized spacial score (nSPS) is 27.8. The second-order valence-electron chi connectivity index (χ2n) is 10.3. The van der Waals surface area contributed by atoms with Crippen molar-refractivity contribution >= 4 is 21.9 Å². The molecule has 1 spiro atoms. The van der Waals surface area contributed by atoms with Gasteiger partial charge in [0.15, 0.2) is 0 Å². The number of hydrogen-bond donors (Lipinski definition) is 1. The number of carboxylic acid groups (broad SMARTS) is 1. The standard InChI is InChI=1S/C19H35N3O3S.C2HF3O2/c1-15(2)13-26(24,25)22-10-8-18(9-11-22)6-7-19(17(23)20(3)4)14-21(5)12-16(18)19;3-2(4,5)1(6)7/h15-16H,6-14H2,1-5H3;(H,6,7)/t16-,19+;/m0./s1. The summed E-state index contributed by atoms with van der Waals surface area (Å²) in [5.74, 6) is -1.76. The van der Waals surface area contributed by atoms with E-state index in [9.17, 15) is 26.4 Å². The second kappa shape index (κ2) is 9.69. The first kappa shape index (κ1) is 27.8. The molecule has 2 atom stereocenters. The van der Waals surface area contributed by atoms with Gasteiger partial charge in [0.2, 0.25) is 15.9 Å². The van der Waals surface area contributed by atoms with Gasteiger partial charge in [-0.2, -0.15) is 13.2 Å². The van der Waals surface area contributed by atoms with E-state index in [1.54, 1.807) is 9.21 Å². The summed E-state index contributed by atoms with van der Waals surface area (Å²) in [5.41, 5.74) is -0.141. The Morgan fingerprint density at radius 3 is 2.06 bits per heavy atom. The van der Waals surface area contributed by atoms with Crippen LogP contribution in [0.2, 0.25) is 0 Å². The lowest BCUT2D eigenvalue weighted by Crippen LogP contribution is -2.50. The van der Waals surface area contributed by atoms with Gasteiger partial charge >= 0.3 is 12.1 Å². The van der Waals surface area contributed by atoms with Crippen molar-refractivity contribution in [2.75, 3.05) is 53.1 Å². The van der Waals surface area contributed by atoms with Gasteiger partial charge < -0.3 is 14.9 Å². The molecule has 3 fully saturated rings. The van der Waals surface area contributed by atoms with Crippen LogP contribution in [0.3, 0.4) is 0 Å². The molecular weight excluding hydrogens is 463 g/mol. The summed E-state index contributed by atoms with van der Waals surface area (Å²) < 4.78 is 58.6. The van der Waals surface area contributed by atoms with E-state index in [0.717, 1.165) is 38.8 Å². The topological polar surface area (TPSA) is 98.2 Å². The number of carbonyl (C=O) groups excluding carboxylic acids is 1. The average molecular weight is 500 g/mol. The molecule has 192 valence electrons. The number of piperidine rings is 1. The predicted molar refractivity (Wildman–Crippen MR) is 117 cm³/mol. The Kier molecular flexibility index (Phi) is 8.18. The van der Waals surface area contributed by atoms with Crippen LogP contribution in [0.15, 0.2) is 0 Å². The molecule has 0 unspecified atom stereocenters. The van der Waals surface area contributed by atoms with E-state index in [2.05, 4.69) is 11.9 Å². The molecule has 0 aromatic carbocycles. The SMILES string of the molecule is CC(C)CS(=O)(=O)N1CCC2(CC1)CC[C@@]1(C(=O)N(C)C)CN(C)C[C@@H]21.O=C(O)C(F)(F)F. The number of carboxylic acids is 1. The molecule has 1 amide bonds. The number of alkyl halides is 3. The third-order valence-electron chi connectivity index (χ3n) is 7.25. The molecule has 3 aliphatic rings. The smallest absolute Gasteiger partial charge is 0.475 e. The summed E-state index contributed by atoms with van der Waals surface area (Å²) in [6.07, 6.45) is -1.29. The molecule has 12 heteroatoms. The number of rotatable bonds is 4. The Bertz CT molecular complexity index is 839. The minimum Gasteiger partial charge on any atom is -0.475 e. The molecule has 0 aromatic rings. The van der Waals surface area contributed by atoms with Gasteiger partial charge in [-0.15, -0.1) is 0 Å². The number of fused-ring (bicyclic) bond motifs is 2. The summed E-state index contributed by atoms with van der Waals surface area (Å²) >= 11 is 0. The summed E-state index contributed by atoms with van der Waals surface area (Å²) in [4.78, 5) is 26.0. The Balaban J connectivity index is 0.000000479. The van der Waals surface area contributed by atoms with Crippen LogP contribution in [0.5, 0.6) is 0 Å². The fourth-order valence-corrected chi connectivity index (χ4v) is 7.72. The van der Waals surface area contributed by atoms with Gasteiger partial charge in [0, 0.05) is 40.3 Å². The number of likely N-dealkylation sites (tertiary alicyclic amines) is 1. The maximum atomic E-state index is 13.1. The summed E-state index contributed by atoms with van der Waals surface area (Å²) in [6, 6.07) is 0. The largest absolute Gasteiger partial charge is 0.490 e. The predicted octanol–water partition coefficient (Wildman–Crippen LogP) is 2.12. The highest BCUT2D eigenvalue weighted by Gasteiger charge is 2.64. The maximum absolute atomic E-state index is 13.1. The molecule has 2 heterocycles. The van der Waals surface area contributed by atoms with E-state index >= 15 is 0 Å². The summed E-state index contributed by atoms with van der Waals surface area (Å²) in [7, 11) is 2.67. The minimum absolute atomic E-state index is 0.125. The number of carbonyl (C=O) groups is 2. The number of halogens is 3. The van der Waals surface area contributed by atoms with Crippen molar-refractivity contribution in [2.45, 2.75) is 45.7 Å². The fraction of sp³-hybridized carbons (Fsp3) is 0.905. The van der Waals surface area contributed by atoms with E-state index in [1.807, 2.05) is 27.9 Å². The molecule has 1 N–H and O–H groups in total. The van der Waals surface area contributed by atoms with E-state index < -0.39 is 22.2 Å². The van der Waals surface area contributed by atoms with Crippen LogP contribution >= 0.6 is 0 Å². The molecule has 0 radical (unpaired) electrons. The van der Waals surface area contributed by atoms with Crippen LogP contribution in [-0.4, -0.2) is 98.8 Å². The Morgan fingerprint density at radius 2 is 1.64 bits per heavy atom. The monoisotopic (exact) mass is 499 g/mol. The molecule has 0 aromatic heterocycles. The Morgan fingerprint density at radius 1 is 1.12 bits per heavy atom. The third kappa shape index (κ3) is 5.82. The number of aliphatic carboxylic acids is 1. The molecule has 1 saturated carbocycles. The first-order valence-electron chi connectivity index (χ1n) is 11.1. The summed E-state index contributed by atoms with van der Waals surface area (Å²) in [5, 5.41) is 7.12. The van der Waals surface area contributed by atoms with Crippen LogP contribution in [0, 0.1) is 22.7 Å². The Hall–Kier alpha value is -1.40. The van der Waals surface area contributed by atoms with Crippen LogP contribution in [-0.2, 0) is 19.6 Å². The van der Waals surface area contributed by atoms with Gasteiger partial charge in [0.25, 0.3) is 0 Å². The van der Waals surface area contributed by atoms with Gasteiger partial charge in [-0.05, 0) is 50.0 Å². The lowest BCUT2D eigenvalue weighted by molar-refractivity contribution is -0.192. The van der Waals surface area contributed by atoms with Crippen molar-refractivity contribution in [1.82, 2.24) is 14.1 Å². The molecule has 2 aliphatic heterocycles. The van der Waals surface area contributed by atoms with Crippen molar-refractivity contribution in [2.24, 2.45) is 22.7 Å². The van der Waals surface area contributed by atoms with E-state index in [-0.39, 0.29) is 28.4 Å². The van der Waals surface area contributed by atoms with Gasteiger partial charge in [-0.3, -0.25) is 4.79 Å². The number of sulfonamides is 1. The number of nitrogens with zero attached hydrogens (tertiary/aromatic N) is 3. The molecule has 33 heavy (non-hydrogen) atoms. The number of amides is 1. The van der Waals surface area contributed by atoms with Crippen molar-refractivity contribution in [3.8, 4) is 0 Å². The maximum Gasteiger partial charge on any atom is 0.490 e. The molecule has 1 aliphatic carbocycles. The van der Waals surface area contributed by atoms with Crippen LogP contribution in [0.25, 0.3) is 0 Å². The lowest BCUT2D eigenvalue weighted by Gasteiger charge is -2.44. The summed E-state index contributed by atoms with van der Waals surface area (Å²) in [6.45, 7) is 6.93. The number of hydrogen-bond acceptors (Lipinski definition) is 5. The van der Waals surface area contributed by atoms with Gasteiger partial charge in [0.1, 0.15) is 0 Å². The minimum atomic E-state index is -5.08. The van der Waals surface area contributed by atoms with E-state index in [1.165, 1.54) is 0 Å². The molecule has 3 rings (SSSR count). The molecule has 2 saturated heterocycles. The van der Waals surface area contributed by atoms with Crippen LogP contribution < -0.4 is 0 Å². The zero-order valence-electron chi connectivity index (χ0n) is 20.0. The van der Waals surface area contributed by atoms with Crippen molar-refractivity contribution < 1.29 is 36.3 Å². The zero-order chi connectivity index (χ0) is 25.4. The van der Waals surface area contributed by atoms with Crippen LogP contribution in [0.4, 0.5) is 13.2 Å². The van der Waals surface area contributed by atoms with E-state index in [0.29, 0.717) is 19.0 Å². The van der Waals surface area contributed by atoms with Crippen molar-refractivity contribution in [1.29, 1.82) is 0 Å². The van der Waals surface area contributed by atoms with Gasteiger partial charge in [-0.1, -0.05) is 13.8 Å². The molecule has 0 bridgehead atoms. The highest BCUT2D eigenvalue weighted by atomic mass is 32.2. The highest BCUT2D eigenvalue weighted by molar-refractivity contribution is 7.89. The van der Waals surface area contributed by atoms with Crippen LogP contribution in [0.1, 0.15) is 39.5 Å². The average Bonchev–Trinajstić information content (AvgIpc) is 3.15. The zero-order valence-corrected chi connectivity index (χ0v) is 20.8. The van der Waals surface area contributed by atoms with Crippen molar-refractivity contribution in [3.63, 3.8) is 0 Å². The Labute approximate surface area is 194 Å². The van der Waals surface area contributed by atoms with E-state index in [4.69, 9.17) is 9.90 Å². The second-order valence-corrected chi connectivity index (χ2v) is 12.4. The first-order valence-corrected chi connectivity index (χ1v) is 12.8. The molecule has 8 nitrogen and oxygen atoms in total. The third-order valence-corrected chi connectivity index (χ3v) is 9.49. The van der Waals surface area contributed by atoms with Gasteiger partial charge in [-0.25, -0.2) is 17.5 Å².